The molecule has 13 heavy (non-hydrogen) atoms. The number of aromatic nitrogens is 2. The van der Waals surface area contributed by atoms with Crippen molar-refractivity contribution >= 4 is 0 Å². The van der Waals surface area contributed by atoms with Gasteiger partial charge in [0.1, 0.15) is 0 Å². The summed E-state index contributed by atoms with van der Waals surface area (Å²) in [7, 11) is 0. The fraction of sp³-hybridized carbons (Fsp3) is 0.700. The van der Waals surface area contributed by atoms with Gasteiger partial charge in [0.25, 0.3) is 0 Å². The van der Waals surface area contributed by atoms with Crippen molar-refractivity contribution in [3.8, 4) is 0 Å². The number of hydrogen-bond donors (Lipinski definition) is 1. The molecule has 0 atom stereocenters. The Kier molecular flexibility index (Phi) is 3.96. The Bertz CT molecular complexity index is 243. The third-order valence-corrected chi connectivity index (χ3v) is 1.84. The largest absolute Gasteiger partial charge is 0.396 e. The molecule has 74 valence electrons. The van der Waals surface area contributed by atoms with Crippen LogP contribution in [0.25, 0.3) is 0 Å². The molecule has 0 aliphatic heterocycles. The van der Waals surface area contributed by atoms with Gasteiger partial charge in [-0.05, 0) is 24.8 Å². The molecule has 1 aromatic rings. The summed E-state index contributed by atoms with van der Waals surface area (Å²) >= 11 is 0. The highest BCUT2D eigenvalue weighted by Gasteiger charge is 2.00. The summed E-state index contributed by atoms with van der Waals surface area (Å²) in [4.78, 5) is 0. The van der Waals surface area contributed by atoms with Gasteiger partial charge in [0, 0.05) is 19.3 Å². The van der Waals surface area contributed by atoms with Gasteiger partial charge in [0.15, 0.2) is 0 Å². The van der Waals surface area contributed by atoms with E-state index in [1.807, 2.05) is 16.9 Å². The van der Waals surface area contributed by atoms with Crippen LogP contribution in [0.4, 0.5) is 0 Å². The number of nitrogens with zero attached hydrogens (tertiary/aromatic N) is 2. The third kappa shape index (κ3) is 3.59. The molecule has 0 radical (unpaired) electrons. The van der Waals surface area contributed by atoms with Crippen molar-refractivity contribution in [1.82, 2.24) is 9.78 Å². The summed E-state index contributed by atoms with van der Waals surface area (Å²) in [6, 6.07) is 2.03. The summed E-state index contributed by atoms with van der Waals surface area (Å²) in [5, 5.41) is 13.0. The number of hydrogen-bond acceptors (Lipinski definition) is 2. The van der Waals surface area contributed by atoms with Gasteiger partial charge >= 0.3 is 0 Å². The summed E-state index contributed by atoms with van der Waals surface area (Å²) in [6.45, 7) is 5.57. The predicted octanol–water partition coefficient (Wildman–Crippen LogP) is 1.46. The Hall–Kier alpha value is -0.830. The third-order valence-electron chi connectivity index (χ3n) is 1.84. The molecule has 1 rings (SSSR count). The second kappa shape index (κ2) is 5.02. The van der Waals surface area contributed by atoms with Gasteiger partial charge in [0.2, 0.25) is 0 Å². The molecule has 3 heteroatoms. The first-order valence-corrected chi connectivity index (χ1v) is 4.85. The first-order chi connectivity index (χ1) is 6.22. The molecular formula is C10H18N2O. The Morgan fingerprint density at radius 1 is 1.54 bits per heavy atom. The molecule has 0 aliphatic carbocycles. The van der Waals surface area contributed by atoms with Gasteiger partial charge in [0.05, 0.1) is 5.69 Å². The van der Waals surface area contributed by atoms with Gasteiger partial charge in [-0.15, -0.1) is 0 Å². The van der Waals surface area contributed by atoms with E-state index in [0.717, 1.165) is 25.1 Å². The van der Waals surface area contributed by atoms with E-state index in [-0.39, 0.29) is 6.61 Å². The lowest BCUT2D eigenvalue weighted by Crippen LogP contribution is -2.05. The molecule has 0 spiro atoms. The normalized spacial score (nSPS) is 11.1. The lowest BCUT2D eigenvalue weighted by Gasteiger charge is -2.03. The fourth-order valence-electron chi connectivity index (χ4n) is 1.27. The summed E-state index contributed by atoms with van der Waals surface area (Å²) < 4.78 is 1.97. The Morgan fingerprint density at radius 2 is 2.31 bits per heavy atom. The molecule has 0 aliphatic rings. The van der Waals surface area contributed by atoms with Crippen molar-refractivity contribution in [2.24, 2.45) is 5.92 Å². The standard InChI is InChI=1S/C10H18N2O/c1-9(2)8-12-6-5-10(11-12)4-3-7-13/h5-6,9,13H,3-4,7-8H2,1-2H3. The highest BCUT2D eigenvalue weighted by molar-refractivity contribution is 4.98. The molecule has 0 fully saturated rings. The molecule has 1 aromatic heterocycles. The minimum atomic E-state index is 0.247. The van der Waals surface area contributed by atoms with Crippen LogP contribution in [-0.2, 0) is 13.0 Å². The van der Waals surface area contributed by atoms with E-state index in [4.69, 9.17) is 5.11 Å². The zero-order valence-corrected chi connectivity index (χ0v) is 8.40. The lowest BCUT2D eigenvalue weighted by atomic mass is 10.2. The number of aliphatic hydroxyl groups is 1. The predicted molar refractivity (Wildman–Crippen MR) is 52.5 cm³/mol. The summed E-state index contributed by atoms with van der Waals surface area (Å²) in [5.41, 5.74) is 1.08. The smallest absolute Gasteiger partial charge is 0.0625 e. The number of aryl methyl sites for hydroxylation is 1. The minimum Gasteiger partial charge on any atom is -0.396 e. The molecule has 1 heterocycles. The van der Waals surface area contributed by atoms with E-state index < -0.39 is 0 Å². The van der Waals surface area contributed by atoms with Crippen LogP contribution in [-0.4, -0.2) is 21.5 Å². The maximum Gasteiger partial charge on any atom is 0.0625 e. The molecule has 0 amide bonds. The average Bonchev–Trinajstić information content (AvgIpc) is 2.48. The zero-order chi connectivity index (χ0) is 9.68. The molecule has 3 nitrogen and oxygen atoms in total. The highest BCUT2D eigenvalue weighted by Crippen LogP contribution is 2.02. The van der Waals surface area contributed by atoms with Crippen LogP contribution in [0.5, 0.6) is 0 Å². The zero-order valence-electron chi connectivity index (χ0n) is 8.40. The highest BCUT2D eigenvalue weighted by atomic mass is 16.2. The van der Waals surface area contributed by atoms with Crippen molar-refractivity contribution in [3.05, 3.63) is 18.0 Å². The van der Waals surface area contributed by atoms with Gasteiger partial charge < -0.3 is 5.11 Å². The average molecular weight is 182 g/mol. The van der Waals surface area contributed by atoms with Crippen molar-refractivity contribution in [1.29, 1.82) is 0 Å². The first-order valence-electron chi connectivity index (χ1n) is 4.85. The van der Waals surface area contributed by atoms with E-state index in [1.54, 1.807) is 0 Å². The van der Waals surface area contributed by atoms with Crippen LogP contribution in [0.1, 0.15) is 26.0 Å². The molecule has 0 saturated carbocycles. The topological polar surface area (TPSA) is 38.0 Å². The van der Waals surface area contributed by atoms with Crippen LogP contribution >= 0.6 is 0 Å². The molecular weight excluding hydrogens is 164 g/mol. The van der Waals surface area contributed by atoms with Crippen molar-refractivity contribution in [3.63, 3.8) is 0 Å². The Balaban J connectivity index is 2.44. The number of rotatable bonds is 5. The molecule has 0 aromatic carbocycles. The maximum absolute atomic E-state index is 8.65. The fourth-order valence-corrected chi connectivity index (χ4v) is 1.27. The van der Waals surface area contributed by atoms with E-state index >= 15 is 0 Å². The van der Waals surface area contributed by atoms with E-state index in [2.05, 4.69) is 18.9 Å². The summed E-state index contributed by atoms with van der Waals surface area (Å²) in [6.07, 6.45) is 3.69. The first kappa shape index (κ1) is 10.3. The van der Waals surface area contributed by atoms with E-state index in [9.17, 15) is 0 Å². The van der Waals surface area contributed by atoms with Crippen LogP contribution < -0.4 is 0 Å². The van der Waals surface area contributed by atoms with Crippen LogP contribution in [0.2, 0.25) is 0 Å². The molecule has 1 N–H and O–H groups in total. The van der Waals surface area contributed by atoms with Gasteiger partial charge in [-0.25, -0.2) is 0 Å². The number of aliphatic hydroxyl groups excluding tert-OH is 1. The molecule has 0 saturated heterocycles. The van der Waals surface area contributed by atoms with Gasteiger partial charge in [-0.1, -0.05) is 13.8 Å². The monoisotopic (exact) mass is 182 g/mol. The second-order valence-electron chi connectivity index (χ2n) is 3.75. The minimum absolute atomic E-state index is 0.247. The Labute approximate surface area is 79.4 Å². The van der Waals surface area contributed by atoms with Crippen molar-refractivity contribution in [2.45, 2.75) is 33.2 Å². The van der Waals surface area contributed by atoms with Gasteiger partial charge in [-0.3, -0.25) is 4.68 Å². The quantitative estimate of drug-likeness (QED) is 0.748. The van der Waals surface area contributed by atoms with Crippen LogP contribution in [0, 0.1) is 5.92 Å². The summed E-state index contributed by atoms with van der Waals surface area (Å²) in [5.74, 6) is 0.630. The van der Waals surface area contributed by atoms with E-state index in [1.165, 1.54) is 0 Å². The van der Waals surface area contributed by atoms with Crippen LogP contribution in [0.15, 0.2) is 12.3 Å². The van der Waals surface area contributed by atoms with Crippen molar-refractivity contribution < 1.29 is 5.11 Å². The molecule has 0 unspecified atom stereocenters. The lowest BCUT2D eigenvalue weighted by molar-refractivity contribution is 0.288. The maximum atomic E-state index is 8.65. The second-order valence-corrected chi connectivity index (χ2v) is 3.75. The SMILES string of the molecule is CC(C)Cn1ccc(CCCO)n1. The molecule has 0 bridgehead atoms. The Morgan fingerprint density at radius 3 is 2.92 bits per heavy atom. The van der Waals surface area contributed by atoms with Crippen molar-refractivity contribution in [2.75, 3.05) is 6.61 Å². The van der Waals surface area contributed by atoms with E-state index in [0.29, 0.717) is 5.92 Å². The van der Waals surface area contributed by atoms with Crippen LogP contribution in [0.3, 0.4) is 0 Å². The van der Waals surface area contributed by atoms with Gasteiger partial charge in [-0.2, -0.15) is 5.10 Å².